The summed E-state index contributed by atoms with van der Waals surface area (Å²) in [6.07, 6.45) is 3.17. The number of benzene rings is 4. The van der Waals surface area contributed by atoms with Crippen molar-refractivity contribution < 1.29 is 9.53 Å². The number of thioether (sulfide) groups is 1. The Morgan fingerprint density at radius 2 is 1.69 bits per heavy atom. The summed E-state index contributed by atoms with van der Waals surface area (Å²) in [4.78, 5) is 12.7. The van der Waals surface area contributed by atoms with E-state index in [2.05, 4.69) is 82.2 Å². The van der Waals surface area contributed by atoms with E-state index < -0.39 is 0 Å². The number of esters is 1. The molecule has 0 bridgehead atoms. The van der Waals surface area contributed by atoms with Gasteiger partial charge in [0.25, 0.3) is 0 Å². The summed E-state index contributed by atoms with van der Waals surface area (Å²) in [6.45, 7) is 2.15. The second kappa shape index (κ2) is 13.0. The van der Waals surface area contributed by atoms with Crippen molar-refractivity contribution in [1.82, 2.24) is 10.2 Å². The Balaban J connectivity index is 1.22. The fourth-order valence-electron chi connectivity index (χ4n) is 3.98. The maximum absolute atomic E-state index is 11.5. The van der Waals surface area contributed by atoms with Crippen LogP contribution in [-0.2, 0) is 15.3 Å². The molecule has 5 rings (SSSR count). The normalized spacial score (nSPS) is 11.0. The molecule has 4 aromatic carbocycles. The topological polar surface area (TPSA) is 64.1 Å². The van der Waals surface area contributed by atoms with E-state index in [1.165, 1.54) is 39.0 Å². The van der Waals surface area contributed by atoms with E-state index in [4.69, 9.17) is 4.74 Å². The molecule has 0 saturated heterocycles. The van der Waals surface area contributed by atoms with E-state index >= 15 is 0 Å². The number of aromatic nitrogens is 2. The lowest BCUT2D eigenvalue weighted by molar-refractivity contribution is -0.137. The van der Waals surface area contributed by atoms with Gasteiger partial charge in [0.15, 0.2) is 0 Å². The first-order valence-electron chi connectivity index (χ1n) is 12.6. The summed E-state index contributed by atoms with van der Waals surface area (Å²) >= 11 is 3.31. The van der Waals surface area contributed by atoms with E-state index in [9.17, 15) is 4.79 Å². The van der Waals surface area contributed by atoms with Gasteiger partial charge in [-0.05, 0) is 53.5 Å². The minimum atomic E-state index is -0.346. The van der Waals surface area contributed by atoms with Gasteiger partial charge >= 0.3 is 5.97 Å². The molecule has 0 saturated carbocycles. The van der Waals surface area contributed by atoms with Crippen LogP contribution >= 0.6 is 23.1 Å². The summed E-state index contributed by atoms with van der Waals surface area (Å²) < 4.78 is 4.92. The Hall–Kier alpha value is -4.20. The number of hydrogen-bond donors (Lipinski definition) is 1. The predicted octanol–water partition coefficient (Wildman–Crippen LogP) is 8.48. The summed E-state index contributed by atoms with van der Waals surface area (Å²) in [7, 11) is 0. The third kappa shape index (κ3) is 7.22. The molecular formula is C32H27N3O2S2. The van der Waals surface area contributed by atoms with Crippen molar-refractivity contribution in [1.29, 1.82) is 0 Å². The molecule has 0 unspecified atom stereocenters. The first-order valence-corrected chi connectivity index (χ1v) is 14.4. The Morgan fingerprint density at radius 3 is 2.51 bits per heavy atom. The van der Waals surface area contributed by atoms with Crippen molar-refractivity contribution in [2.24, 2.45) is 0 Å². The third-order valence-electron chi connectivity index (χ3n) is 5.86. The van der Waals surface area contributed by atoms with Gasteiger partial charge in [0.1, 0.15) is 5.01 Å². The highest BCUT2D eigenvalue weighted by molar-refractivity contribution is 7.98. The van der Waals surface area contributed by atoms with Crippen LogP contribution in [0.15, 0.2) is 114 Å². The molecule has 7 heteroatoms. The summed E-state index contributed by atoms with van der Waals surface area (Å²) in [5.41, 5.74) is 6.66. The van der Waals surface area contributed by atoms with Gasteiger partial charge < -0.3 is 10.1 Å². The van der Waals surface area contributed by atoms with Crippen molar-refractivity contribution in [3.05, 3.63) is 120 Å². The first kappa shape index (κ1) is 26.4. The average molecular weight is 550 g/mol. The molecule has 0 aliphatic heterocycles. The Labute approximate surface area is 236 Å². The molecule has 0 amide bonds. The van der Waals surface area contributed by atoms with Crippen molar-refractivity contribution in [3.8, 4) is 21.7 Å². The van der Waals surface area contributed by atoms with E-state index in [1.54, 1.807) is 13.0 Å². The zero-order valence-corrected chi connectivity index (χ0v) is 23.0. The van der Waals surface area contributed by atoms with Crippen molar-refractivity contribution in [2.45, 2.75) is 17.6 Å². The third-order valence-corrected chi connectivity index (χ3v) is 7.79. The SMILES string of the molecule is CCOC(=O)C=Cc1ccc(-c2nnc(Nc3cccc(SCc4ccccc4-c4ccccc4)c3)s2)cc1. The highest BCUT2D eigenvalue weighted by Crippen LogP contribution is 2.33. The van der Waals surface area contributed by atoms with Crippen LogP contribution in [0.4, 0.5) is 10.8 Å². The largest absolute Gasteiger partial charge is 0.463 e. The van der Waals surface area contributed by atoms with Gasteiger partial charge in [-0.2, -0.15) is 0 Å². The second-order valence-corrected chi connectivity index (χ2v) is 10.6. The Kier molecular flexibility index (Phi) is 8.83. The number of carbonyl (C=O) groups is 1. The molecule has 5 aromatic rings. The molecule has 1 N–H and O–H groups in total. The van der Waals surface area contributed by atoms with Crippen LogP contribution in [0.3, 0.4) is 0 Å². The summed E-state index contributed by atoms with van der Waals surface area (Å²) in [6, 6.07) is 35.3. The van der Waals surface area contributed by atoms with Crippen LogP contribution in [0, 0.1) is 0 Å². The van der Waals surface area contributed by atoms with Gasteiger partial charge in [0, 0.05) is 28.0 Å². The van der Waals surface area contributed by atoms with E-state index in [1.807, 2.05) is 48.2 Å². The van der Waals surface area contributed by atoms with Crippen LogP contribution in [0.2, 0.25) is 0 Å². The van der Waals surface area contributed by atoms with E-state index in [0.717, 1.165) is 32.7 Å². The van der Waals surface area contributed by atoms with Crippen LogP contribution in [-0.4, -0.2) is 22.8 Å². The highest BCUT2D eigenvalue weighted by atomic mass is 32.2. The molecule has 5 nitrogen and oxygen atoms in total. The molecule has 1 aromatic heterocycles. The van der Waals surface area contributed by atoms with Crippen molar-refractivity contribution >= 4 is 46.0 Å². The van der Waals surface area contributed by atoms with Gasteiger partial charge in [-0.25, -0.2) is 4.79 Å². The number of nitrogens with zero attached hydrogens (tertiary/aromatic N) is 2. The van der Waals surface area contributed by atoms with Gasteiger partial charge in [0.2, 0.25) is 5.13 Å². The van der Waals surface area contributed by atoms with Crippen LogP contribution < -0.4 is 5.32 Å². The molecule has 0 spiro atoms. The fraction of sp³-hybridized carbons (Fsp3) is 0.0938. The van der Waals surface area contributed by atoms with E-state index in [-0.39, 0.29) is 5.97 Å². The highest BCUT2D eigenvalue weighted by Gasteiger charge is 2.09. The maximum Gasteiger partial charge on any atom is 0.330 e. The smallest absolute Gasteiger partial charge is 0.330 e. The van der Waals surface area contributed by atoms with Gasteiger partial charge in [-0.1, -0.05) is 96.3 Å². The number of hydrogen-bond acceptors (Lipinski definition) is 7. The quantitative estimate of drug-likeness (QED) is 0.107. The monoisotopic (exact) mass is 549 g/mol. The predicted molar refractivity (Wildman–Crippen MR) is 162 cm³/mol. The van der Waals surface area contributed by atoms with E-state index in [0.29, 0.717) is 6.61 Å². The van der Waals surface area contributed by atoms with Crippen LogP contribution in [0.5, 0.6) is 0 Å². The molecule has 39 heavy (non-hydrogen) atoms. The zero-order chi connectivity index (χ0) is 26.9. The van der Waals surface area contributed by atoms with Gasteiger partial charge in [-0.3, -0.25) is 0 Å². The van der Waals surface area contributed by atoms with Gasteiger partial charge in [0.05, 0.1) is 6.61 Å². The lowest BCUT2D eigenvalue weighted by Gasteiger charge is -2.10. The minimum absolute atomic E-state index is 0.346. The molecule has 0 fully saturated rings. The lowest BCUT2D eigenvalue weighted by atomic mass is 10.0. The molecule has 1 heterocycles. The van der Waals surface area contributed by atoms with Gasteiger partial charge in [-0.15, -0.1) is 22.0 Å². The number of carbonyl (C=O) groups excluding carboxylic acids is 1. The molecular weight excluding hydrogens is 523 g/mol. The zero-order valence-electron chi connectivity index (χ0n) is 21.4. The fourth-order valence-corrected chi connectivity index (χ4v) is 5.70. The van der Waals surface area contributed by atoms with Crippen molar-refractivity contribution in [2.75, 3.05) is 11.9 Å². The maximum atomic E-state index is 11.5. The molecule has 194 valence electrons. The lowest BCUT2D eigenvalue weighted by Crippen LogP contribution is -1.98. The second-order valence-electron chi connectivity index (χ2n) is 8.58. The standard InChI is InChI=1S/C32H27N3O2S2/c1-2-37-30(36)20-17-23-15-18-25(19-16-23)31-34-35-32(39-31)33-27-12-8-13-28(21-27)38-22-26-11-6-7-14-29(26)24-9-4-3-5-10-24/h3-21H,2,22H2,1H3,(H,33,35). The molecule has 0 aliphatic carbocycles. The average Bonchev–Trinajstić information content (AvgIpc) is 3.44. The number of ether oxygens (including phenoxy) is 1. The minimum Gasteiger partial charge on any atom is -0.463 e. The number of nitrogens with one attached hydrogen (secondary N) is 1. The van der Waals surface area contributed by atoms with Crippen LogP contribution in [0.1, 0.15) is 18.1 Å². The molecule has 0 aliphatic rings. The summed E-state index contributed by atoms with van der Waals surface area (Å²) in [5.74, 6) is 0.531. The van der Waals surface area contributed by atoms with Crippen LogP contribution in [0.25, 0.3) is 27.8 Å². The van der Waals surface area contributed by atoms with Crippen molar-refractivity contribution in [3.63, 3.8) is 0 Å². The Bertz CT molecular complexity index is 1560. The number of anilines is 2. The summed E-state index contributed by atoms with van der Waals surface area (Å²) in [5, 5.41) is 13.6. The Morgan fingerprint density at radius 1 is 0.897 bits per heavy atom. The first-order chi connectivity index (χ1) is 19.2. The number of rotatable bonds is 10. The molecule has 0 radical (unpaired) electrons. The molecule has 0 atom stereocenters.